The fourth-order valence-corrected chi connectivity index (χ4v) is 7.51. The van der Waals surface area contributed by atoms with E-state index in [1.807, 2.05) is 18.3 Å². The first kappa shape index (κ1) is 30.4. The summed E-state index contributed by atoms with van der Waals surface area (Å²) in [7, 11) is 0. The van der Waals surface area contributed by atoms with Gasteiger partial charge in [-0.25, -0.2) is 9.98 Å². The van der Waals surface area contributed by atoms with E-state index in [9.17, 15) is 0 Å². The van der Waals surface area contributed by atoms with Crippen LogP contribution in [-0.2, 0) is 0 Å². The minimum atomic E-state index is -0.0560. The number of nitrogens with one attached hydrogen (secondary N) is 1. The maximum absolute atomic E-state index is 5.43. The van der Waals surface area contributed by atoms with E-state index in [-0.39, 0.29) is 5.92 Å². The minimum absolute atomic E-state index is 0.0560. The third-order valence-electron chi connectivity index (χ3n) is 9.77. The van der Waals surface area contributed by atoms with Gasteiger partial charge in [-0.15, -0.1) is 6.58 Å². The predicted molar refractivity (Wildman–Crippen MR) is 212 cm³/mol. The number of fused-ring (bicyclic) bond motifs is 6. The summed E-state index contributed by atoms with van der Waals surface area (Å²) in [6, 6.07) is 46.4. The third kappa shape index (κ3) is 5.48. The summed E-state index contributed by atoms with van der Waals surface area (Å²) in [5.41, 5.74) is 14.2. The van der Waals surface area contributed by atoms with Crippen molar-refractivity contribution < 1.29 is 0 Å². The molecule has 4 aliphatic heterocycles. The molecule has 0 radical (unpaired) electrons. The third-order valence-corrected chi connectivity index (χ3v) is 9.77. The van der Waals surface area contributed by atoms with Crippen molar-refractivity contribution in [3.8, 4) is 0 Å². The van der Waals surface area contributed by atoms with Crippen molar-refractivity contribution in [2.24, 2.45) is 20.9 Å². The van der Waals surface area contributed by atoms with Crippen LogP contribution in [0, 0.1) is 5.92 Å². The number of benzene rings is 4. The van der Waals surface area contributed by atoms with Crippen molar-refractivity contribution in [2.75, 3.05) is 0 Å². The summed E-state index contributed by atoms with van der Waals surface area (Å²) in [5, 5.41) is 1.97. The van der Waals surface area contributed by atoms with E-state index in [4.69, 9.17) is 15.0 Å². The second-order valence-electron chi connectivity index (χ2n) is 12.9. The number of nitrogens with zero attached hydrogens (tertiary/aromatic N) is 3. The molecule has 0 spiro atoms. The molecule has 0 aliphatic carbocycles. The number of rotatable bonds is 6. The highest BCUT2D eigenvalue weighted by molar-refractivity contribution is 6.34. The number of hydrogen-bond acceptors (Lipinski definition) is 3. The summed E-state index contributed by atoms with van der Waals surface area (Å²) in [6.07, 6.45) is 13.3. The number of allylic oxidation sites excluding steroid dienone is 8. The monoisotopic (exact) mass is 654 g/mol. The van der Waals surface area contributed by atoms with Gasteiger partial charge in [0.1, 0.15) is 0 Å². The van der Waals surface area contributed by atoms with Crippen LogP contribution in [0.15, 0.2) is 209 Å². The lowest BCUT2D eigenvalue weighted by atomic mass is 9.80. The summed E-state index contributed by atoms with van der Waals surface area (Å²) < 4.78 is 0. The molecule has 0 saturated heterocycles. The number of aromatic nitrogens is 1. The Morgan fingerprint density at radius 2 is 0.941 bits per heavy atom. The summed E-state index contributed by atoms with van der Waals surface area (Å²) in [4.78, 5) is 19.9. The summed E-state index contributed by atoms with van der Waals surface area (Å²) in [6.45, 7) is 4.21. The smallest absolute Gasteiger partial charge is 0.0737 e. The molecule has 9 rings (SSSR count). The zero-order valence-electron chi connectivity index (χ0n) is 28.0. The zero-order valence-corrected chi connectivity index (χ0v) is 28.0. The highest BCUT2D eigenvalue weighted by Crippen LogP contribution is 2.43. The maximum Gasteiger partial charge on any atom is 0.0737 e. The van der Waals surface area contributed by atoms with Gasteiger partial charge in [-0.1, -0.05) is 127 Å². The average Bonchev–Trinajstić information content (AvgIpc) is 4.02. The fraction of sp³-hybridized carbons (Fsp3) is 0.0426. The molecule has 4 aromatic carbocycles. The van der Waals surface area contributed by atoms with Crippen LogP contribution in [-0.4, -0.2) is 22.1 Å². The van der Waals surface area contributed by atoms with Gasteiger partial charge in [0.05, 0.1) is 28.5 Å². The van der Waals surface area contributed by atoms with E-state index in [1.165, 1.54) is 0 Å². The molecule has 0 saturated carbocycles. The Morgan fingerprint density at radius 3 is 1.41 bits per heavy atom. The molecule has 4 aliphatic rings. The molecular formula is C47H34N4. The molecular weight excluding hydrogens is 621 g/mol. The van der Waals surface area contributed by atoms with Crippen LogP contribution in [0.5, 0.6) is 0 Å². The van der Waals surface area contributed by atoms with Gasteiger partial charge >= 0.3 is 0 Å². The molecule has 8 bridgehead atoms. The van der Waals surface area contributed by atoms with Gasteiger partial charge in [-0.2, -0.15) is 0 Å². The number of aliphatic imine (C=N–C) groups is 3. The van der Waals surface area contributed by atoms with E-state index < -0.39 is 0 Å². The Kier molecular flexibility index (Phi) is 7.75. The highest BCUT2D eigenvalue weighted by atomic mass is 14.8. The van der Waals surface area contributed by atoms with Crippen LogP contribution in [0.25, 0.3) is 22.3 Å². The quantitative estimate of drug-likeness (QED) is 0.178. The van der Waals surface area contributed by atoms with E-state index >= 15 is 0 Å². The van der Waals surface area contributed by atoms with Crippen LogP contribution >= 0.6 is 0 Å². The molecule has 0 amide bonds. The second-order valence-corrected chi connectivity index (χ2v) is 12.9. The number of H-pyrrole nitrogens is 1. The molecule has 51 heavy (non-hydrogen) atoms. The van der Waals surface area contributed by atoms with Crippen molar-refractivity contribution in [1.29, 1.82) is 0 Å². The molecule has 1 aromatic heterocycles. The van der Waals surface area contributed by atoms with Gasteiger partial charge in [0.25, 0.3) is 0 Å². The first-order valence-corrected chi connectivity index (χ1v) is 17.3. The van der Waals surface area contributed by atoms with Gasteiger partial charge in [0.15, 0.2) is 0 Å². The van der Waals surface area contributed by atoms with Gasteiger partial charge in [-0.05, 0) is 70.7 Å². The van der Waals surface area contributed by atoms with Gasteiger partial charge in [0.2, 0.25) is 0 Å². The van der Waals surface area contributed by atoms with E-state index in [0.29, 0.717) is 6.42 Å². The molecule has 4 heteroatoms. The van der Waals surface area contributed by atoms with Gasteiger partial charge < -0.3 is 4.98 Å². The van der Waals surface area contributed by atoms with Crippen LogP contribution in [0.4, 0.5) is 0 Å². The standard InChI is InChI=1S/C47H34N4/c1-2-15-35-36-30-48-47(35)46(34-22-13-6-14-23-34)42-29-28-41(51-42)45(33-20-11-5-12-21-33)40-27-26-39(50-40)44(32-18-9-4-10-19-32)38-25-24-37(49-38)43(36)31-16-7-3-8-17-31/h2-14,16-30,35,50H,1,15H2. The first-order valence-electron chi connectivity index (χ1n) is 17.3. The Bertz CT molecular complexity index is 2400. The van der Waals surface area contributed by atoms with Crippen LogP contribution in [0.1, 0.15) is 28.7 Å². The van der Waals surface area contributed by atoms with Crippen LogP contribution in [0.2, 0.25) is 0 Å². The SMILES string of the molecule is C=CCC1C2=CN=C1C(c1ccccc1)=C1C=CC(=N1)C(c1ccccc1)=c1ccc([nH]1)=C(c1ccccc1)C1=NC(=C2c2ccccc2)C=C1. The summed E-state index contributed by atoms with van der Waals surface area (Å²) >= 11 is 0. The lowest BCUT2D eigenvalue weighted by molar-refractivity contribution is 0.868. The Balaban J connectivity index is 1.41. The van der Waals surface area contributed by atoms with Crippen LogP contribution in [0.3, 0.4) is 0 Å². The summed E-state index contributed by atoms with van der Waals surface area (Å²) in [5.74, 6) is -0.0560. The maximum atomic E-state index is 5.43. The van der Waals surface area contributed by atoms with E-state index in [2.05, 4.69) is 163 Å². The van der Waals surface area contributed by atoms with Crippen molar-refractivity contribution >= 4 is 39.4 Å². The van der Waals surface area contributed by atoms with E-state index in [1.54, 1.807) is 0 Å². The molecule has 1 atom stereocenters. The number of aromatic amines is 1. The molecule has 1 N–H and O–H groups in total. The van der Waals surface area contributed by atoms with Gasteiger partial charge in [0, 0.05) is 45.1 Å². The largest absolute Gasteiger partial charge is 0.354 e. The predicted octanol–water partition coefficient (Wildman–Crippen LogP) is 8.80. The molecule has 242 valence electrons. The lowest BCUT2D eigenvalue weighted by Gasteiger charge is -2.22. The van der Waals surface area contributed by atoms with E-state index in [0.717, 1.165) is 89.3 Å². The topological polar surface area (TPSA) is 52.9 Å². The van der Waals surface area contributed by atoms with Crippen molar-refractivity contribution in [3.05, 3.63) is 227 Å². The first-order chi connectivity index (χ1) is 25.3. The molecule has 5 aromatic rings. The lowest BCUT2D eigenvalue weighted by Crippen LogP contribution is -2.21. The Morgan fingerprint density at radius 1 is 0.510 bits per heavy atom. The van der Waals surface area contributed by atoms with Crippen molar-refractivity contribution in [2.45, 2.75) is 6.42 Å². The Labute approximate surface area is 297 Å². The van der Waals surface area contributed by atoms with Crippen molar-refractivity contribution in [3.63, 3.8) is 0 Å². The molecule has 4 nitrogen and oxygen atoms in total. The minimum Gasteiger partial charge on any atom is -0.354 e. The molecule has 1 unspecified atom stereocenters. The normalized spacial score (nSPS) is 17.8. The van der Waals surface area contributed by atoms with Crippen LogP contribution < -0.4 is 10.7 Å². The number of hydrogen-bond donors (Lipinski definition) is 1. The molecule has 0 fully saturated rings. The Hall–Kier alpha value is -6.65. The second kappa shape index (κ2) is 13.0. The van der Waals surface area contributed by atoms with Gasteiger partial charge in [-0.3, -0.25) is 4.99 Å². The average molecular weight is 655 g/mol. The van der Waals surface area contributed by atoms with Crippen molar-refractivity contribution in [1.82, 2.24) is 4.98 Å². The molecule has 5 heterocycles. The fourth-order valence-electron chi connectivity index (χ4n) is 7.51. The highest BCUT2D eigenvalue weighted by Gasteiger charge is 2.33. The zero-order chi connectivity index (χ0) is 34.1.